The lowest BCUT2D eigenvalue weighted by Crippen LogP contribution is -2.16. The number of benzene rings is 2. The molecule has 0 amide bonds. The second kappa shape index (κ2) is 7.97. The first-order chi connectivity index (χ1) is 13.2. The van der Waals surface area contributed by atoms with Gasteiger partial charge < -0.3 is 4.74 Å². The Bertz CT molecular complexity index is 1180. The minimum atomic E-state index is -4.02. The molecule has 0 bridgehead atoms. The van der Waals surface area contributed by atoms with Gasteiger partial charge in [0.25, 0.3) is 10.0 Å². The molecule has 3 aromatic rings. The summed E-state index contributed by atoms with van der Waals surface area (Å²) in [4.78, 5) is 3.64. The van der Waals surface area contributed by atoms with Crippen molar-refractivity contribution in [1.82, 2.24) is 4.98 Å². The molecular weight excluding hydrogens is 402 g/mol. The summed E-state index contributed by atoms with van der Waals surface area (Å²) in [7, 11) is -8.03. The van der Waals surface area contributed by atoms with E-state index in [2.05, 4.69) is 9.71 Å². The van der Waals surface area contributed by atoms with E-state index in [0.717, 1.165) is 11.8 Å². The molecule has 0 saturated heterocycles. The number of nitrogens with zero attached hydrogens (tertiary/aromatic N) is 1. The molecule has 28 heavy (non-hydrogen) atoms. The highest BCUT2D eigenvalue weighted by atomic mass is 32.2. The van der Waals surface area contributed by atoms with Crippen LogP contribution in [0.3, 0.4) is 0 Å². The molecule has 1 heterocycles. The van der Waals surface area contributed by atoms with Gasteiger partial charge in [0, 0.05) is 12.3 Å². The molecule has 0 fully saturated rings. The number of primary sulfonamides is 1. The molecule has 10 heteroatoms. The van der Waals surface area contributed by atoms with Crippen molar-refractivity contribution >= 4 is 25.7 Å². The van der Waals surface area contributed by atoms with E-state index in [9.17, 15) is 16.8 Å². The Labute approximate surface area is 163 Å². The number of pyridine rings is 1. The van der Waals surface area contributed by atoms with E-state index < -0.39 is 20.0 Å². The van der Waals surface area contributed by atoms with Gasteiger partial charge in [-0.15, -0.1) is 0 Å². The van der Waals surface area contributed by atoms with Crippen molar-refractivity contribution in [3.05, 3.63) is 78.6 Å². The van der Waals surface area contributed by atoms with Crippen LogP contribution in [-0.2, 0) is 26.7 Å². The standard InChI is InChI=1S/C18H17N3O5S2/c19-27(22,23)17-8-4-9-18(12-17)28(24,25)21-14-6-3-7-16(11-14)26-13-15-5-1-2-10-20-15/h1-12,21H,13H2,(H2,19,22,23). The predicted molar refractivity (Wildman–Crippen MR) is 104 cm³/mol. The lowest BCUT2D eigenvalue weighted by Gasteiger charge is -2.11. The van der Waals surface area contributed by atoms with Gasteiger partial charge in [-0.1, -0.05) is 18.2 Å². The fraction of sp³-hybridized carbons (Fsp3) is 0.0556. The monoisotopic (exact) mass is 419 g/mol. The Balaban J connectivity index is 1.77. The highest BCUT2D eigenvalue weighted by molar-refractivity contribution is 7.93. The first kappa shape index (κ1) is 19.8. The lowest BCUT2D eigenvalue weighted by molar-refractivity contribution is 0.301. The van der Waals surface area contributed by atoms with Crippen LogP contribution in [0, 0.1) is 0 Å². The van der Waals surface area contributed by atoms with E-state index in [4.69, 9.17) is 9.88 Å². The average Bonchev–Trinajstić information content (AvgIpc) is 2.67. The zero-order valence-corrected chi connectivity index (χ0v) is 16.2. The molecule has 0 atom stereocenters. The van der Waals surface area contributed by atoms with E-state index in [-0.39, 0.29) is 22.1 Å². The van der Waals surface area contributed by atoms with Gasteiger partial charge in [0.2, 0.25) is 10.0 Å². The van der Waals surface area contributed by atoms with Gasteiger partial charge in [0.05, 0.1) is 21.2 Å². The molecule has 0 spiro atoms. The van der Waals surface area contributed by atoms with Crippen molar-refractivity contribution in [2.24, 2.45) is 5.14 Å². The van der Waals surface area contributed by atoms with Crippen LogP contribution in [0.15, 0.2) is 82.7 Å². The van der Waals surface area contributed by atoms with Crippen LogP contribution in [0.1, 0.15) is 5.69 Å². The topological polar surface area (TPSA) is 128 Å². The zero-order chi connectivity index (χ0) is 20.2. The molecule has 0 saturated carbocycles. The van der Waals surface area contributed by atoms with Crippen LogP contribution in [-0.4, -0.2) is 21.8 Å². The van der Waals surface area contributed by atoms with Crippen LogP contribution in [0.5, 0.6) is 5.75 Å². The highest BCUT2D eigenvalue weighted by Gasteiger charge is 2.18. The van der Waals surface area contributed by atoms with Crippen molar-refractivity contribution in [3.8, 4) is 5.75 Å². The van der Waals surface area contributed by atoms with Crippen LogP contribution >= 0.6 is 0 Å². The Morgan fingerprint density at radius 2 is 1.64 bits per heavy atom. The molecule has 2 aromatic carbocycles. The van der Waals surface area contributed by atoms with Gasteiger partial charge in [-0.25, -0.2) is 22.0 Å². The van der Waals surface area contributed by atoms with E-state index >= 15 is 0 Å². The molecule has 0 aliphatic heterocycles. The molecule has 0 unspecified atom stereocenters. The SMILES string of the molecule is NS(=O)(=O)c1cccc(S(=O)(=O)Nc2cccc(OCc3ccccn3)c2)c1. The molecule has 0 radical (unpaired) electrons. The molecule has 3 rings (SSSR count). The fourth-order valence-electron chi connectivity index (χ4n) is 2.32. The lowest BCUT2D eigenvalue weighted by atomic mass is 10.3. The van der Waals surface area contributed by atoms with Crippen LogP contribution in [0.2, 0.25) is 0 Å². The maximum absolute atomic E-state index is 12.6. The minimum Gasteiger partial charge on any atom is -0.487 e. The van der Waals surface area contributed by atoms with Crippen molar-refractivity contribution < 1.29 is 21.6 Å². The zero-order valence-electron chi connectivity index (χ0n) is 14.5. The summed E-state index contributed by atoms with van der Waals surface area (Å²) in [5.41, 5.74) is 0.993. The summed E-state index contributed by atoms with van der Waals surface area (Å²) in [6.45, 7) is 0.230. The Morgan fingerprint density at radius 3 is 2.36 bits per heavy atom. The highest BCUT2D eigenvalue weighted by Crippen LogP contribution is 2.22. The maximum atomic E-state index is 12.6. The smallest absolute Gasteiger partial charge is 0.261 e. The summed E-state index contributed by atoms with van der Waals surface area (Å²) in [5.74, 6) is 0.448. The quantitative estimate of drug-likeness (QED) is 0.603. The van der Waals surface area contributed by atoms with E-state index in [1.54, 1.807) is 30.5 Å². The number of ether oxygens (including phenoxy) is 1. The number of hydrogen-bond acceptors (Lipinski definition) is 6. The van der Waals surface area contributed by atoms with Crippen LogP contribution in [0.25, 0.3) is 0 Å². The third-order valence-corrected chi connectivity index (χ3v) is 5.93. The van der Waals surface area contributed by atoms with E-state index in [0.29, 0.717) is 5.75 Å². The third kappa shape index (κ3) is 5.06. The number of hydrogen-bond donors (Lipinski definition) is 2. The first-order valence-corrected chi connectivity index (χ1v) is 11.1. The summed E-state index contributed by atoms with van der Waals surface area (Å²) in [6.07, 6.45) is 1.65. The van der Waals surface area contributed by atoms with Crippen LogP contribution < -0.4 is 14.6 Å². The predicted octanol–water partition coefficient (Wildman–Crippen LogP) is 2.11. The van der Waals surface area contributed by atoms with Gasteiger partial charge in [-0.05, 0) is 42.5 Å². The Kier molecular flexibility index (Phi) is 5.63. The maximum Gasteiger partial charge on any atom is 0.261 e. The molecule has 3 N–H and O–H groups in total. The molecule has 0 aliphatic carbocycles. The number of anilines is 1. The molecule has 146 valence electrons. The molecular formula is C18H17N3O5S2. The van der Waals surface area contributed by atoms with E-state index in [1.165, 1.54) is 24.3 Å². The summed E-state index contributed by atoms with van der Waals surface area (Å²) < 4.78 is 56.1. The number of sulfonamides is 2. The van der Waals surface area contributed by atoms with Gasteiger partial charge in [0.15, 0.2) is 0 Å². The summed E-state index contributed by atoms with van der Waals surface area (Å²) in [6, 6.07) is 16.6. The Morgan fingerprint density at radius 1 is 0.893 bits per heavy atom. The number of nitrogens with one attached hydrogen (secondary N) is 1. The van der Waals surface area contributed by atoms with Gasteiger partial charge in [-0.2, -0.15) is 0 Å². The van der Waals surface area contributed by atoms with Crippen LogP contribution in [0.4, 0.5) is 5.69 Å². The van der Waals surface area contributed by atoms with Gasteiger partial charge in [-0.3, -0.25) is 9.71 Å². The van der Waals surface area contributed by atoms with Gasteiger partial charge in [0.1, 0.15) is 12.4 Å². The fourth-order valence-corrected chi connectivity index (χ4v) is 4.05. The van der Waals surface area contributed by atoms with Crippen molar-refractivity contribution in [2.45, 2.75) is 16.4 Å². The largest absolute Gasteiger partial charge is 0.487 e. The minimum absolute atomic E-state index is 0.223. The Hall–Kier alpha value is -2.95. The normalized spacial score (nSPS) is 11.8. The second-order valence-corrected chi connectivity index (χ2v) is 9.01. The van der Waals surface area contributed by atoms with Crippen molar-refractivity contribution in [1.29, 1.82) is 0 Å². The van der Waals surface area contributed by atoms with Crippen molar-refractivity contribution in [3.63, 3.8) is 0 Å². The molecule has 8 nitrogen and oxygen atoms in total. The summed E-state index contributed by atoms with van der Waals surface area (Å²) >= 11 is 0. The number of nitrogens with two attached hydrogens (primary N) is 1. The second-order valence-electron chi connectivity index (χ2n) is 5.76. The first-order valence-electron chi connectivity index (χ1n) is 8.02. The summed E-state index contributed by atoms with van der Waals surface area (Å²) in [5, 5.41) is 5.06. The van der Waals surface area contributed by atoms with Gasteiger partial charge >= 0.3 is 0 Å². The number of aromatic nitrogens is 1. The molecule has 0 aliphatic rings. The van der Waals surface area contributed by atoms with E-state index in [1.807, 2.05) is 12.1 Å². The average molecular weight is 419 g/mol. The molecule has 1 aromatic heterocycles. The van der Waals surface area contributed by atoms with Crippen molar-refractivity contribution in [2.75, 3.05) is 4.72 Å². The third-order valence-electron chi connectivity index (χ3n) is 3.64. The number of rotatable bonds is 7.